The Balaban J connectivity index is 1.53. The number of hydrogen-bond donors (Lipinski definition) is 1. The predicted molar refractivity (Wildman–Crippen MR) is 212 cm³/mol. The van der Waals surface area contributed by atoms with Gasteiger partial charge in [-0.1, -0.05) is 43.8 Å². The van der Waals surface area contributed by atoms with E-state index in [2.05, 4.69) is 10.4 Å². The lowest BCUT2D eigenvalue weighted by Crippen LogP contribution is -2.42. The number of carbonyl (C=O) groups excluding carboxylic acids is 3. The number of halogens is 1. The maximum Gasteiger partial charge on any atom is 0.420 e. The lowest BCUT2D eigenvalue weighted by atomic mass is 10.1. The minimum absolute atomic E-state index is 0.0209. The molecule has 0 aliphatic carbocycles. The summed E-state index contributed by atoms with van der Waals surface area (Å²) in [4.78, 5) is 47.7. The first-order chi connectivity index (χ1) is 25.1. The Hall–Kier alpha value is -4.42. The van der Waals surface area contributed by atoms with Gasteiger partial charge in [0.2, 0.25) is 0 Å². The van der Waals surface area contributed by atoms with Crippen molar-refractivity contribution in [3.63, 3.8) is 0 Å². The highest BCUT2D eigenvalue weighted by Gasteiger charge is 2.34. The number of carbonyl (C=O) groups is 3. The van der Waals surface area contributed by atoms with Crippen LogP contribution in [0, 0.1) is 5.82 Å². The van der Waals surface area contributed by atoms with Crippen molar-refractivity contribution in [3.8, 4) is 0 Å². The molecule has 1 saturated heterocycles. The molecule has 1 aliphatic heterocycles. The summed E-state index contributed by atoms with van der Waals surface area (Å²) in [5, 5.41) is 8.03. The molecule has 15 heteroatoms. The first-order valence-electron chi connectivity index (χ1n) is 17.9. The summed E-state index contributed by atoms with van der Waals surface area (Å²) in [6.07, 6.45) is 1.54. The molecular weight excluding hydrogens is 731 g/mol. The van der Waals surface area contributed by atoms with Crippen LogP contribution in [0.1, 0.15) is 90.1 Å². The van der Waals surface area contributed by atoms with Gasteiger partial charge < -0.3 is 24.3 Å². The molecule has 2 aromatic carbocycles. The number of nitrogens with one attached hydrogen (secondary N) is 1. The highest BCUT2D eigenvalue weighted by Crippen LogP contribution is 2.40. The van der Waals surface area contributed by atoms with E-state index in [1.807, 2.05) is 34.6 Å². The van der Waals surface area contributed by atoms with Crippen molar-refractivity contribution in [2.45, 2.75) is 95.6 Å². The third kappa shape index (κ3) is 9.81. The van der Waals surface area contributed by atoms with Gasteiger partial charge in [-0.15, -0.1) is 0 Å². The van der Waals surface area contributed by atoms with Gasteiger partial charge >= 0.3 is 12.2 Å². The minimum atomic E-state index is -2.50. The van der Waals surface area contributed by atoms with E-state index >= 15 is 4.39 Å². The molecule has 0 bridgehead atoms. The molecule has 2 aromatic heterocycles. The Kier molecular flexibility index (Phi) is 11.9. The molecule has 1 aliphatic rings. The molecule has 3 amide bonds. The Morgan fingerprint density at radius 1 is 0.981 bits per heavy atom. The number of piperidine rings is 1. The molecule has 1 fully saturated rings. The number of benzene rings is 2. The van der Waals surface area contributed by atoms with Gasteiger partial charge in [-0.05, 0) is 104 Å². The topological polar surface area (TPSA) is 135 Å². The molecule has 0 atom stereocenters. The van der Waals surface area contributed by atoms with Gasteiger partial charge in [-0.2, -0.15) is 14.0 Å². The number of ether oxygens (including phenoxy) is 2. The number of aromatic nitrogens is 3. The van der Waals surface area contributed by atoms with Crippen molar-refractivity contribution in [1.82, 2.24) is 19.5 Å². The van der Waals surface area contributed by atoms with Gasteiger partial charge in [0.25, 0.3) is 5.91 Å². The fraction of sp³-hybridized carbons (Fsp3) is 0.462. The van der Waals surface area contributed by atoms with Crippen LogP contribution in [0.3, 0.4) is 0 Å². The number of anilines is 3. The lowest BCUT2D eigenvalue weighted by Gasteiger charge is -2.33. The summed E-state index contributed by atoms with van der Waals surface area (Å²) < 4.78 is 42.4. The average molecular weight is 781 g/mol. The summed E-state index contributed by atoms with van der Waals surface area (Å²) in [5.41, 5.74) is 0.494. The molecule has 54 heavy (non-hydrogen) atoms. The van der Waals surface area contributed by atoms with Gasteiger partial charge in [0.1, 0.15) is 23.4 Å². The number of thioether (sulfide) groups is 1. The number of nitrogens with zero attached hydrogens (tertiary/aromatic N) is 5. The first kappa shape index (κ1) is 40.8. The van der Waals surface area contributed by atoms with Crippen molar-refractivity contribution in [2.75, 3.05) is 36.6 Å². The summed E-state index contributed by atoms with van der Waals surface area (Å²) >= 11 is 1.26. The van der Waals surface area contributed by atoms with Gasteiger partial charge in [0.05, 0.1) is 11.9 Å². The van der Waals surface area contributed by atoms with E-state index in [9.17, 15) is 18.9 Å². The minimum Gasteiger partial charge on any atom is -0.444 e. The molecular formula is C39H50FN6O6PS. The maximum atomic E-state index is 17.2. The van der Waals surface area contributed by atoms with Gasteiger partial charge in [-0.25, -0.2) is 19.5 Å². The second-order valence-electron chi connectivity index (χ2n) is 16.0. The van der Waals surface area contributed by atoms with E-state index in [0.29, 0.717) is 48.1 Å². The van der Waals surface area contributed by atoms with Gasteiger partial charge in [0, 0.05) is 40.5 Å². The highest BCUT2D eigenvalue weighted by atomic mass is 32.2. The van der Waals surface area contributed by atoms with E-state index in [1.54, 1.807) is 93.7 Å². The normalized spacial score (nSPS) is 14.3. The average Bonchev–Trinajstić information content (AvgIpc) is 3.49. The van der Waals surface area contributed by atoms with Crippen molar-refractivity contribution < 1.29 is 32.8 Å². The van der Waals surface area contributed by atoms with Crippen molar-refractivity contribution in [3.05, 3.63) is 71.7 Å². The fourth-order valence-electron chi connectivity index (χ4n) is 5.79. The van der Waals surface area contributed by atoms with Gasteiger partial charge in [0.15, 0.2) is 17.3 Å². The standard InChI is InChI=1S/C39H50FN6O6PS/c1-24(2)30-23-41-46-32(30)43-34(54-29-18-20-44(21-19-29)36(48)51-38(3,4)5)31(40)35(46)45(37(49)52-39(6,7)8)27-13-11-12-26(22-27)42-33(47)25-14-16-28(17-15-25)53(9,10)50/h11-17,22-24,29H,18-21H2,1-10H3,(H,42,47). The molecule has 0 spiro atoms. The molecule has 12 nitrogen and oxygen atoms in total. The van der Waals surface area contributed by atoms with Crippen LogP contribution in [-0.4, -0.2) is 80.5 Å². The van der Waals surface area contributed by atoms with Crippen molar-refractivity contribution >= 4 is 65.1 Å². The van der Waals surface area contributed by atoms with Crippen LogP contribution < -0.4 is 15.5 Å². The van der Waals surface area contributed by atoms with E-state index in [4.69, 9.17) is 14.5 Å². The molecule has 1 N–H and O–H groups in total. The van der Waals surface area contributed by atoms with Crippen LogP contribution in [0.15, 0.2) is 59.8 Å². The van der Waals surface area contributed by atoms with Crippen LogP contribution in [0.4, 0.5) is 31.2 Å². The van der Waals surface area contributed by atoms with Crippen LogP contribution in [0.25, 0.3) is 5.65 Å². The third-order valence-corrected chi connectivity index (χ3v) is 11.3. The number of likely N-dealkylation sites (tertiary alicyclic amines) is 1. The largest absolute Gasteiger partial charge is 0.444 e. The zero-order chi connectivity index (χ0) is 39.7. The zero-order valence-electron chi connectivity index (χ0n) is 32.6. The second-order valence-corrected chi connectivity index (χ2v) is 20.6. The SMILES string of the molecule is CC(C)c1cnn2c(N(C(=O)OC(C)(C)C)c3cccc(NC(=O)c4ccc(P(C)(C)=O)cc4)c3)c(F)c(SC3CCN(C(=O)OC(C)(C)C)CC3)nc12. The zero-order valence-corrected chi connectivity index (χ0v) is 34.3. The van der Waals surface area contributed by atoms with E-state index in [-0.39, 0.29) is 33.8 Å². The third-order valence-electron chi connectivity index (χ3n) is 8.46. The van der Waals surface area contributed by atoms with E-state index in [0.717, 1.165) is 10.5 Å². The Morgan fingerprint density at radius 3 is 2.19 bits per heavy atom. The summed E-state index contributed by atoms with van der Waals surface area (Å²) in [5.74, 6) is -1.41. The number of hydrogen-bond acceptors (Lipinski definition) is 9. The lowest BCUT2D eigenvalue weighted by molar-refractivity contribution is 0.0218. The number of fused-ring (bicyclic) bond motifs is 1. The molecule has 290 valence electrons. The summed E-state index contributed by atoms with van der Waals surface area (Å²) in [6.45, 7) is 18.8. The second kappa shape index (κ2) is 15.7. The molecule has 0 unspecified atom stereocenters. The molecule has 0 saturated carbocycles. The Bertz CT molecular complexity index is 2080. The van der Waals surface area contributed by atoms with E-state index in [1.165, 1.54) is 16.3 Å². The highest BCUT2D eigenvalue weighted by molar-refractivity contribution is 7.99. The quantitative estimate of drug-likeness (QED) is 0.137. The van der Waals surface area contributed by atoms with Crippen LogP contribution in [-0.2, 0) is 14.0 Å². The first-order valence-corrected chi connectivity index (χ1v) is 21.4. The van der Waals surface area contributed by atoms with Crippen LogP contribution in [0.5, 0.6) is 0 Å². The Morgan fingerprint density at radius 2 is 1.61 bits per heavy atom. The number of amides is 3. The van der Waals surface area contributed by atoms with Crippen molar-refractivity contribution in [1.29, 1.82) is 0 Å². The molecule has 3 heterocycles. The molecule has 5 rings (SSSR count). The van der Waals surface area contributed by atoms with Crippen molar-refractivity contribution in [2.24, 2.45) is 0 Å². The van der Waals surface area contributed by atoms with Gasteiger partial charge in [-0.3, -0.25) is 4.79 Å². The van der Waals surface area contributed by atoms with Crippen LogP contribution in [0.2, 0.25) is 0 Å². The van der Waals surface area contributed by atoms with Crippen LogP contribution >= 0.6 is 18.9 Å². The molecule has 4 aromatic rings. The maximum absolute atomic E-state index is 17.2. The summed E-state index contributed by atoms with van der Waals surface area (Å²) in [6, 6.07) is 13.0. The smallest absolute Gasteiger partial charge is 0.420 e. The fourth-order valence-corrected chi connectivity index (χ4v) is 7.76. The predicted octanol–water partition coefficient (Wildman–Crippen LogP) is 9.06. The molecule has 0 radical (unpaired) electrons. The van der Waals surface area contributed by atoms with E-state index < -0.39 is 36.2 Å². The number of rotatable bonds is 8. The monoisotopic (exact) mass is 780 g/mol. The Labute approximate surface area is 320 Å². The summed E-state index contributed by atoms with van der Waals surface area (Å²) in [7, 11) is -2.50.